The summed E-state index contributed by atoms with van der Waals surface area (Å²) in [6.07, 6.45) is 0. The summed E-state index contributed by atoms with van der Waals surface area (Å²) in [5, 5.41) is 8.98. The number of nitriles is 1. The molecule has 2 aromatic rings. The fourth-order valence-corrected chi connectivity index (χ4v) is 1.90. The van der Waals surface area contributed by atoms with Crippen LogP contribution in [0.5, 0.6) is 11.5 Å². The van der Waals surface area contributed by atoms with Crippen LogP contribution in [0.2, 0.25) is 0 Å². The highest BCUT2D eigenvalue weighted by molar-refractivity contribution is 6.14. The Labute approximate surface area is 114 Å². The number of para-hydroxylation sites is 1. The first kappa shape index (κ1) is 11.9. The second-order valence-electron chi connectivity index (χ2n) is 4.09. The first-order valence-corrected chi connectivity index (χ1v) is 5.76. The molecule has 5 heteroatoms. The zero-order valence-corrected chi connectivity index (χ0v) is 10.1. The molecule has 96 valence electrons. The van der Waals surface area contributed by atoms with Gasteiger partial charge in [-0.15, -0.1) is 0 Å². The summed E-state index contributed by atoms with van der Waals surface area (Å²) < 4.78 is 10.1. The van der Waals surface area contributed by atoms with Crippen LogP contribution in [0.15, 0.2) is 42.5 Å². The highest BCUT2D eigenvalue weighted by atomic mass is 16.6. The molecule has 0 aliphatic carbocycles. The monoisotopic (exact) mass is 265 g/mol. The van der Waals surface area contributed by atoms with E-state index in [2.05, 4.69) is 4.74 Å². The first-order chi connectivity index (χ1) is 9.69. The molecule has 0 amide bonds. The topological polar surface area (TPSA) is 76.4 Å². The van der Waals surface area contributed by atoms with Gasteiger partial charge < -0.3 is 9.47 Å². The van der Waals surface area contributed by atoms with Crippen LogP contribution < -0.4 is 4.74 Å². The van der Waals surface area contributed by atoms with Crippen molar-refractivity contribution in [3.8, 4) is 17.6 Å². The molecule has 3 rings (SSSR count). The number of carbonyl (C=O) groups excluding carboxylic acids is 2. The lowest BCUT2D eigenvalue weighted by Crippen LogP contribution is -1.96. The Morgan fingerprint density at radius 2 is 1.75 bits per heavy atom. The Balaban J connectivity index is 1.98. The van der Waals surface area contributed by atoms with Gasteiger partial charge in [0.05, 0.1) is 16.7 Å². The molecule has 0 fully saturated rings. The van der Waals surface area contributed by atoms with E-state index in [-0.39, 0.29) is 11.1 Å². The van der Waals surface area contributed by atoms with Crippen molar-refractivity contribution in [1.82, 2.24) is 0 Å². The van der Waals surface area contributed by atoms with Gasteiger partial charge in [-0.1, -0.05) is 12.1 Å². The molecule has 20 heavy (non-hydrogen) atoms. The molecule has 2 aromatic carbocycles. The lowest BCUT2D eigenvalue weighted by atomic mass is 10.1. The summed E-state index contributed by atoms with van der Waals surface area (Å²) in [6.45, 7) is 0. The van der Waals surface area contributed by atoms with Crippen LogP contribution >= 0.6 is 0 Å². The van der Waals surface area contributed by atoms with E-state index < -0.39 is 11.9 Å². The van der Waals surface area contributed by atoms with E-state index in [1.165, 1.54) is 12.1 Å². The normalized spacial score (nSPS) is 12.6. The average Bonchev–Trinajstić information content (AvgIpc) is 2.74. The third-order valence-electron chi connectivity index (χ3n) is 2.85. The van der Waals surface area contributed by atoms with Gasteiger partial charge in [-0.2, -0.15) is 5.26 Å². The SMILES string of the molecule is N#Cc1ccccc1Oc1ccc2c(c1)C(=O)OC2=O. The molecule has 5 nitrogen and oxygen atoms in total. The molecule has 0 radical (unpaired) electrons. The van der Waals surface area contributed by atoms with Gasteiger partial charge in [-0.3, -0.25) is 0 Å². The Hall–Kier alpha value is -3.13. The van der Waals surface area contributed by atoms with E-state index in [4.69, 9.17) is 10.00 Å². The molecule has 1 aliphatic heterocycles. The highest BCUT2D eigenvalue weighted by Gasteiger charge is 2.29. The van der Waals surface area contributed by atoms with Gasteiger partial charge in [0, 0.05) is 0 Å². The second kappa shape index (κ2) is 4.52. The van der Waals surface area contributed by atoms with Gasteiger partial charge in [0.25, 0.3) is 0 Å². The molecule has 0 unspecified atom stereocenters. The largest absolute Gasteiger partial charge is 0.456 e. The lowest BCUT2D eigenvalue weighted by Gasteiger charge is -2.07. The minimum atomic E-state index is -0.691. The van der Waals surface area contributed by atoms with Crippen molar-refractivity contribution in [3.05, 3.63) is 59.2 Å². The van der Waals surface area contributed by atoms with Crippen LogP contribution in [-0.2, 0) is 4.74 Å². The fourth-order valence-electron chi connectivity index (χ4n) is 1.90. The maximum atomic E-state index is 11.5. The number of rotatable bonds is 2. The Bertz CT molecular complexity index is 774. The number of nitrogens with zero attached hydrogens (tertiary/aromatic N) is 1. The predicted molar refractivity (Wildman–Crippen MR) is 67.4 cm³/mol. The number of ether oxygens (including phenoxy) is 2. The Kier molecular flexibility index (Phi) is 2.70. The molecule has 0 saturated carbocycles. The van der Waals surface area contributed by atoms with Crippen LogP contribution in [0.4, 0.5) is 0 Å². The molecule has 0 aromatic heterocycles. The van der Waals surface area contributed by atoms with Gasteiger partial charge in [-0.05, 0) is 30.3 Å². The quantitative estimate of drug-likeness (QED) is 0.616. The van der Waals surface area contributed by atoms with Crippen LogP contribution in [0.3, 0.4) is 0 Å². The summed E-state index contributed by atoms with van der Waals surface area (Å²) in [5.74, 6) is -0.608. The smallest absolute Gasteiger partial charge is 0.347 e. The van der Waals surface area contributed by atoms with E-state index in [0.29, 0.717) is 17.1 Å². The summed E-state index contributed by atoms with van der Waals surface area (Å²) >= 11 is 0. The maximum Gasteiger partial charge on any atom is 0.347 e. The minimum Gasteiger partial charge on any atom is -0.456 e. The Morgan fingerprint density at radius 3 is 2.55 bits per heavy atom. The third-order valence-corrected chi connectivity index (χ3v) is 2.85. The lowest BCUT2D eigenvalue weighted by molar-refractivity contribution is 0.0443. The Morgan fingerprint density at radius 1 is 1.00 bits per heavy atom. The molecule has 0 atom stereocenters. The molecule has 1 aliphatic rings. The maximum absolute atomic E-state index is 11.5. The number of hydrogen-bond acceptors (Lipinski definition) is 5. The number of carbonyl (C=O) groups is 2. The van der Waals surface area contributed by atoms with E-state index in [1.54, 1.807) is 30.3 Å². The highest BCUT2D eigenvalue weighted by Crippen LogP contribution is 2.29. The van der Waals surface area contributed by atoms with E-state index in [9.17, 15) is 9.59 Å². The van der Waals surface area contributed by atoms with Gasteiger partial charge in [0.2, 0.25) is 0 Å². The zero-order chi connectivity index (χ0) is 14.1. The van der Waals surface area contributed by atoms with Crippen LogP contribution in [0, 0.1) is 11.3 Å². The van der Waals surface area contributed by atoms with Crippen LogP contribution in [0.25, 0.3) is 0 Å². The predicted octanol–water partition coefficient (Wildman–Crippen LogP) is 2.66. The first-order valence-electron chi connectivity index (χ1n) is 5.76. The second-order valence-corrected chi connectivity index (χ2v) is 4.09. The molecule has 0 N–H and O–H groups in total. The molecule has 0 spiro atoms. The molecular formula is C15H7NO4. The standard InChI is InChI=1S/C15H7NO4/c16-8-9-3-1-2-4-13(9)19-10-5-6-11-12(7-10)15(18)20-14(11)17/h1-7H. The van der Waals surface area contributed by atoms with E-state index in [0.717, 1.165) is 0 Å². The third kappa shape index (κ3) is 1.89. The van der Waals surface area contributed by atoms with E-state index >= 15 is 0 Å². The minimum absolute atomic E-state index is 0.168. The van der Waals surface area contributed by atoms with Crippen molar-refractivity contribution >= 4 is 11.9 Å². The zero-order valence-electron chi connectivity index (χ0n) is 10.1. The van der Waals surface area contributed by atoms with Crippen molar-refractivity contribution in [2.45, 2.75) is 0 Å². The van der Waals surface area contributed by atoms with Crippen LogP contribution in [-0.4, -0.2) is 11.9 Å². The van der Waals surface area contributed by atoms with Gasteiger partial charge in [-0.25, -0.2) is 9.59 Å². The fraction of sp³-hybridized carbons (Fsp3) is 0. The van der Waals surface area contributed by atoms with Gasteiger partial charge in [0.15, 0.2) is 0 Å². The van der Waals surface area contributed by atoms with E-state index in [1.807, 2.05) is 6.07 Å². The van der Waals surface area contributed by atoms with Gasteiger partial charge >= 0.3 is 11.9 Å². The van der Waals surface area contributed by atoms with Crippen LogP contribution in [0.1, 0.15) is 26.3 Å². The molecule has 1 heterocycles. The van der Waals surface area contributed by atoms with Crippen molar-refractivity contribution < 1.29 is 19.1 Å². The number of esters is 2. The van der Waals surface area contributed by atoms with Gasteiger partial charge in [0.1, 0.15) is 17.6 Å². The molecule has 0 saturated heterocycles. The number of cyclic esters (lactones) is 2. The van der Waals surface area contributed by atoms with Crippen molar-refractivity contribution in [2.75, 3.05) is 0 Å². The summed E-state index contributed by atoms with van der Waals surface area (Å²) in [7, 11) is 0. The van der Waals surface area contributed by atoms with Crippen molar-refractivity contribution in [1.29, 1.82) is 5.26 Å². The van der Waals surface area contributed by atoms with Crippen molar-refractivity contribution in [2.24, 2.45) is 0 Å². The molecular weight excluding hydrogens is 258 g/mol. The number of benzene rings is 2. The summed E-state index contributed by atoms with van der Waals surface area (Å²) in [4.78, 5) is 22.8. The average molecular weight is 265 g/mol. The number of fused-ring (bicyclic) bond motifs is 1. The number of hydrogen-bond donors (Lipinski definition) is 0. The summed E-state index contributed by atoms with van der Waals surface area (Å²) in [5.41, 5.74) is 0.768. The summed E-state index contributed by atoms with van der Waals surface area (Å²) in [6, 6.07) is 13.2. The molecule has 0 bridgehead atoms. The van der Waals surface area contributed by atoms with Crippen molar-refractivity contribution in [3.63, 3.8) is 0 Å².